The number of rotatable bonds is 2. The number of carbonyl (C=O) groups excluding carboxylic acids is 1. The number of hydrogen-bond donors (Lipinski definition) is 2. The molecule has 1 aromatic heterocycles. The molecule has 0 spiro atoms. The highest BCUT2D eigenvalue weighted by Crippen LogP contribution is 2.25. The number of H-pyrrole nitrogens is 1. The summed E-state index contributed by atoms with van der Waals surface area (Å²) >= 11 is 3.42. The lowest BCUT2D eigenvalue weighted by molar-refractivity contribution is 0.0737. The molecule has 5 nitrogen and oxygen atoms in total. The zero-order valence-electron chi connectivity index (χ0n) is 10.4. The highest BCUT2D eigenvalue weighted by Gasteiger charge is 2.30. The Morgan fingerprint density at radius 1 is 1.58 bits per heavy atom. The number of aromatic amines is 1. The number of fused-ring (bicyclic) bond motifs is 1. The Morgan fingerprint density at radius 3 is 3.21 bits per heavy atom. The number of nitrogens with zero attached hydrogens (tertiary/aromatic N) is 2. The van der Waals surface area contributed by atoms with E-state index in [9.17, 15) is 4.79 Å². The van der Waals surface area contributed by atoms with E-state index >= 15 is 0 Å². The van der Waals surface area contributed by atoms with Crippen LogP contribution in [0.2, 0.25) is 0 Å². The number of likely N-dealkylation sites (tertiary alicyclic amines) is 1. The molecule has 100 valence electrons. The van der Waals surface area contributed by atoms with Crippen LogP contribution in [-0.2, 0) is 0 Å². The SMILES string of the molecule is NCC1CCCN1C(=O)c1n[nH]c2ccc(Br)cc12. The minimum absolute atomic E-state index is 0.0303. The van der Waals surface area contributed by atoms with Crippen molar-refractivity contribution in [1.29, 1.82) is 0 Å². The maximum Gasteiger partial charge on any atom is 0.275 e. The Bertz CT molecular complexity index is 624. The molecule has 0 aliphatic carbocycles. The van der Waals surface area contributed by atoms with Crippen molar-refractivity contribution in [2.24, 2.45) is 5.73 Å². The summed E-state index contributed by atoms with van der Waals surface area (Å²) in [5.74, 6) is -0.0303. The van der Waals surface area contributed by atoms with Crippen LogP contribution in [0.15, 0.2) is 22.7 Å². The molecule has 1 aliphatic rings. The Hall–Kier alpha value is -1.40. The van der Waals surface area contributed by atoms with Crippen LogP contribution < -0.4 is 5.73 Å². The van der Waals surface area contributed by atoms with Gasteiger partial charge >= 0.3 is 0 Å². The highest BCUT2D eigenvalue weighted by molar-refractivity contribution is 9.10. The summed E-state index contributed by atoms with van der Waals surface area (Å²) < 4.78 is 0.937. The second-order valence-electron chi connectivity index (χ2n) is 4.79. The van der Waals surface area contributed by atoms with Gasteiger partial charge < -0.3 is 10.6 Å². The zero-order valence-corrected chi connectivity index (χ0v) is 12.0. The molecule has 0 radical (unpaired) electrons. The highest BCUT2D eigenvalue weighted by atomic mass is 79.9. The molecule has 2 aromatic rings. The number of hydrogen-bond acceptors (Lipinski definition) is 3. The first-order valence-electron chi connectivity index (χ1n) is 6.35. The lowest BCUT2D eigenvalue weighted by Crippen LogP contribution is -2.40. The molecule has 1 amide bonds. The molecule has 19 heavy (non-hydrogen) atoms. The third-order valence-corrected chi connectivity index (χ3v) is 4.13. The van der Waals surface area contributed by atoms with Gasteiger partial charge in [0.2, 0.25) is 0 Å². The van der Waals surface area contributed by atoms with Crippen LogP contribution in [0.5, 0.6) is 0 Å². The van der Waals surface area contributed by atoms with Gasteiger partial charge in [-0.05, 0) is 31.0 Å². The zero-order chi connectivity index (χ0) is 13.4. The van der Waals surface area contributed by atoms with Crippen LogP contribution in [0.3, 0.4) is 0 Å². The molecular weight excluding hydrogens is 308 g/mol. The number of amides is 1. The number of halogens is 1. The first-order valence-corrected chi connectivity index (χ1v) is 7.14. The van der Waals surface area contributed by atoms with E-state index in [1.54, 1.807) is 0 Å². The molecule has 3 rings (SSSR count). The van der Waals surface area contributed by atoms with Gasteiger partial charge in [-0.1, -0.05) is 15.9 Å². The molecule has 0 saturated carbocycles. The predicted octanol–water partition coefficient (Wildman–Crippen LogP) is 1.89. The average molecular weight is 323 g/mol. The molecule has 6 heteroatoms. The molecule has 1 unspecified atom stereocenters. The summed E-state index contributed by atoms with van der Waals surface area (Å²) in [6.07, 6.45) is 1.99. The molecular formula is C13H15BrN4O. The number of carbonyl (C=O) groups is 1. The fourth-order valence-electron chi connectivity index (χ4n) is 2.63. The minimum atomic E-state index is -0.0303. The Labute approximate surface area is 119 Å². The standard InChI is InChI=1S/C13H15BrN4O/c14-8-3-4-11-10(6-8)12(17-16-11)13(19)18-5-1-2-9(18)7-15/h3-4,6,9H,1-2,5,7,15H2,(H,16,17). The summed E-state index contributed by atoms with van der Waals surface area (Å²) in [6, 6.07) is 5.90. The summed E-state index contributed by atoms with van der Waals surface area (Å²) in [6.45, 7) is 1.28. The molecule has 1 fully saturated rings. The van der Waals surface area contributed by atoms with Gasteiger partial charge in [0, 0.05) is 29.0 Å². The van der Waals surface area contributed by atoms with Gasteiger partial charge in [0.25, 0.3) is 5.91 Å². The smallest absolute Gasteiger partial charge is 0.275 e. The summed E-state index contributed by atoms with van der Waals surface area (Å²) in [5, 5.41) is 7.92. The number of aromatic nitrogens is 2. The topological polar surface area (TPSA) is 75.0 Å². The van der Waals surface area contributed by atoms with Crippen molar-refractivity contribution in [3.8, 4) is 0 Å². The van der Waals surface area contributed by atoms with Crippen molar-refractivity contribution >= 4 is 32.7 Å². The number of nitrogens with one attached hydrogen (secondary N) is 1. The van der Waals surface area contributed by atoms with Crippen molar-refractivity contribution in [1.82, 2.24) is 15.1 Å². The second-order valence-corrected chi connectivity index (χ2v) is 5.71. The van der Waals surface area contributed by atoms with E-state index in [0.29, 0.717) is 12.2 Å². The van der Waals surface area contributed by atoms with Crippen LogP contribution in [0.1, 0.15) is 23.3 Å². The van der Waals surface area contributed by atoms with Crippen molar-refractivity contribution in [3.05, 3.63) is 28.4 Å². The van der Waals surface area contributed by atoms with Crippen molar-refractivity contribution < 1.29 is 4.79 Å². The molecule has 0 bridgehead atoms. The lowest BCUT2D eigenvalue weighted by atomic mass is 10.2. The minimum Gasteiger partial charge on any atom is -0.333 e. The normalized spacial score (nSPS) is 19.3. The molecule has 2 heterocycles. The van der Waals surface area contributed by atoms with E-state index in [4.69, 9.17) is 5.73 Å². The molecule has 1 atom stereocenters. The summed E-state index contributed by atoms with van der Waals surface area (Å²) in [5.41, 5.74) is 7.08. The Morgan fingerprint density at radius 2 is 2.42 bits per heavy atom. The van der Waals surface area contributed by atoms with Gasteiger partial charge in [0.1, 0.15) is 0 Å². The third-order valence-electron chi connectivity index (χ3n) is 3.64. The predicted molar refractivity (Wildman–Crippen MR) is 76.9 cm³/mol. The van der Waals surface area contributed by atoms with Gasteiger partial charge in [-0.25, -0.2) is 0 Å². The van der Waals surface area contributed by atoms with Crippen LogP contribution in [0.4, 0.5) is 0 Å². The van der Waals surface area contributed by atoms with Crippen molar-refractivity contribution in [2.45, 2.75) is 18.9 Å². The lowest BCUT2D eigenvalue weighted by Gasteiger charge is -2.22. The average Bonchev–Trinajstić information content (AvgIpc) is 3.03. The van der Waals surface area contributed by atoms with E-state index in [2.05, 4.69) is 26.1 Å². The van der Waals surface area contributed by atoms with E-state index in [1.165, 1.54) is 0 Å². The van der Waals surface area contributed by atoms with Crippen molar-refractivity contribution in [2.75, 3.05) is 13.1 Å². The second kappa shape index (κ2) is 4.94. The first-order chi connectivity index (χ1) is 9.20. The molecule has 3 N–H and O–H groups in total. The largest absolute Gasteiger partial charge is 0.333 e. The van der Waals surface area contributed by atoms with Gasteiger partial charge in [0.15, 0.2) is 5.69 Å². The van der Waals surface area contributed by atoms with Gasteiger partial charge in [0.05, 0.1) is 5.52 Å². The molecule has 1 saturated heterocycles. The Kier molecular flexibility index (Phi) is 3.28. The van der Waals surface area contributed by atoms with Crippen LogP contribution >= 0.6 is 15.9 Å². The number of nitrogens with two attached hydrogens (primary N) is 1. The third kappa shape index (κ3) is 2.15. The first kappa shape index (κ1) is 12.6. The monoisotopic (exact) mass is 322 g/mol. The fourth-order valence-corrected chi connectivity index (χ4v) is 2.99. The van der Waals surface area contributed by atoms with E-state index in [-0.39, 0.29) is 11.9 Å². The van der Waals surface area contributed by atoms with Crippen molar-refractivity contribution in [3.63, 3.8) is 0 Å². The van der Waals surface area contributed by atoms with E-state index in [1.807, 2.05) is 23.1 Å². The molecule has 1 aliphatic heterocycles. The summed E-state index contributed by atoms with van der Waals surface area (Å²) in [4.78, 5) is 14.4. The fraction of sp³-hybridized carbons (Fsp3) is 0.385. The van der Waals surface area contributed by atoms with Crippen LogP contribution in [0, 0.1) is 0 Å². The maximum atomic E-state index is 12.6. The van der Waals surface area contributed by atoms with Gasteiger partial charge in [-0.2, -0.15) is 5.10 Å². The quantitative estimate of drug-likeness (QED) is 0.886. The van der Waals surface area contributed by atoms with Crippen LogP contribution in [0.25, 0.3) is 10.9 Å². The maximum absolute atomic E-state index is 12.6. The van der Waals surface area contributed by atoms with Gasteiger partial charge in [-0.3, -0.25) is 9.89 Å². The Balaban J connectivity index is 1.99. The number of benzene rings is 1. The van der Waals surface area contributed by atoms with Gasteiger partial charge in [-0.15, -0.1) is 0 Å². The van der Waals surface area contributed by atoms with E-state index in [0.717, 1.165) is 34.8 Å². The molecule has 1 aromatic carbocycles. The van der Waals surface area contributed by atoms with E-state index < -0.39 is 0 Å². The summed E-state index contributed by atoms with van der Waals surface area (Å²) in [7, 11) is 0. The van der Waals surface area contributed by atoms with Crippen LogP contribution in [-0.4, -0.2) is 40.1 Å².